The molecule has 1 fully saturated rings. The Morgan fingerprint density at radius 1 is 1.15 bits per heavy atom. The van der Waals surface area contributed by atoms with Crippen LogP contribution in [0.5, 0.6) is 0 Å². The number of isocyanates is 2. The lowest BCUT2D eigenvalue weighted by Gasteiger charge is -2.30. The fourth-order valence-corrected chi connectivity index (χ4v) is 3.05. The fraction of sp³-hybridized carbons (Fsp3) is 0.867. The predicted molar refractivity (Wildman–Crippen MR) is 75.9 cm³/mol. The topological polar surface area (TPSA) is 79.1 Å². The zero-order valence-corrected chi connectivity index (χ0v) is 12.1. The molecule has 3 unspecified atom stereocenters. The van der Waals surface area contributed by atoms with E-state index in [1.165, 1.54) is 6.42 Å². The summed E-state index contributed by atoms with van der Waals surface area (Å²) in [6, 6.07) is -0.734. The minimum atomic E-state index is -0.641. The average molecular weight is 280 g/mol. The number of aliphatic hydroxyl groups is 1. The van der Waals surface area contributed by atoms with Gasteiger partial charge in [0.2, 0.25) is 12.2 Å². The largest absolute Gasteiger partial charge is 0.391 e. The van der Waals surface area contributed by atoms with Crippen molar-refractivity contribution in [3.05, 3.63) is 0 Å². The SMILES string of the molecule is CCCC(CC(N=C=O)C(O)C1CCCCC1)N=C=O. The maximum Gasteiger partial charge on any atom is 0.235 e. The van der Waals surface area contributed by atoms with Gasteiger partial charge < -0.3 is 5.11 Å². The molecule has 0 radical (unpaired) electrons. The quantitative estimate of drug-likeness (QED) is 0.548. The third kappa shape index (κ3) is 5.38. The van der Waals surface area contributed by atoms with Gasteiger partial charge in [0.1, 0.15) is 0 Å². The molecule has 0 saturated heterocycles. The molecule has 0 bridgehead atoms. The molecule has 0 spiro atoms. The van der Waals surface area contributed by atoms with E-state index in [9.17, 15) is 14.7 Å². The van der Waals surface area contributed by atoms with Gasteiger partial charge in [-0.15, -0.1) is 0 Å². The van der Waals surface area contributed by atoms with Gasteiger partial charge in [0.25, 0.3) is 0 Å². The van der Waals surface area contributed by atoms with Gasteiger partial charge in [-0.25, -0.2) is 14.6 Å². The van der Waals surface area contributed by atoms with E-state index in [4.69, 9.17) is 0 Å². The summed E-state index contributed by atoms with van der Waals surface area (Å²) in [6.07, 6.45) is 9.90. The molecule has 20 heavy (non-hydrogen) atoms. The Balaban J connectivity index is 2.70. The van der Waals surface area contributed by atoms with Gasteiger partial charge in [0.15, 0.2) is 0 Å². The number of hydrogen-bond donors (Lipinski definition) is 1. The van der Waals surface area contributed by atoms with Gasteiger partial charge in [0, 0.05) is 0 Å². The Labute approximate surface area is 120 Å². The van der Waals surface area contributed by atoms with E-state index in [-0.39, 0.29) is 12.0 Å². The van der Waals surface area contributed by atoms with Crippen LogP contribution in [0.2, 0.25) is 0 Å². The summed E-state index contributed by atoms with van der Waals surface area (Å²) in [5.74, 6) is 0.188. The first-order valence-corrected chi connectivity index (χ1v) is 7.55. The van der Waals surface area contributed by atoms with Crippen molar-refractivity contribution in [2.75, 3.05) is 0 Å². The van der Waals surface area contributed by atoms with Crippen LogP contribution in [0.15, 0.2) is 9.98 Å². The van der Waals surface area contributed by atoms with Crippen molar-refractivity contribution < 1.29 is 14.7 Å². The molecule has 1 aliphatic carbocycles. The molecule has 0 aromatic heterocycles. The average Bonchev–Trinajstić information content (AvgIpc) is 2.47. The molecule has 0 aromatic rings. The van der Waals surface area contributed by atoms with Crippen molar-refractivity contribution in [1.29, 1.82) is 0 Å². The number of nitrogens with zero attached hydrogens (tertiary/aromatic N) is 2. The zero-order valence-electron chi connectivity index (χ0n) is 12.1. The molecule has 1 N–H and O–H groups in total. The van der Waals surface area contributed by atoms with Crippen molar-refractivity contribution in [2.45, 2.75) is 76.5 Å². The smallest absolute Gasteiger partial charge is 0.235 e. The number of hydrogen-bond acceptors (Lipinski definition) is 5. The van der Waals surface area contributed by atoms with Crippen molar-refractivity contribution in [1.82, 2.24) is 0 Å². The normalized spacial score (nSPS) is 20.3. The lowest BCUT2D eigenvalue weighted by Crippen LogP contribution is -2.35. The van der Waals surface area contributed by atoms with Crippen LogP contribution in [0.25, 0.3) is 0 Å². The molecule has 112 valence electrons. The Morgan fingerprint density at radius 3 is 2.35 bits per heavy atom. The van der Waals surface area contributed by atoms with Gasteiger partial charge in [-0.2, -0.15) is 4.99 Å². The van der Waals surface area contributed by atoms with Crippen LogP contribution in [0, 0.1) is 5.92 Å². The van der Waals surface area contributed by atoms with E-state index in [0.29, 0.717) is 6.42 Å². The number of carbonyl (C=O) groups excluding carboxylic acids is 2. The molecule has 0 aromatic carbocycles. The summed E-state index contributed by atoms with van der Waals surface area (Å²) in [6.45, 7) is 2.00. The highest BCUT2D eigenvalue weighted by molar-refractivity contribution is 5.34. The van der Waals surface area contributed by atoms with Gasteiger partial charge in [-0.1, -0.05) is 32.6 Å². The van der Waals surface area contributed by atoms with E-state index in [1.54, 1.807) is 12.2 Å². The first-order valence-electron chi connectivity index (χ1n) is 7.55. The first kappa shape index (κ1) is 16.8. The van der Waals surface area contributed by atoms with E-state index >= 15 is 0 Å². The first-order chi connectivity index (χ1) is 9.72. The van der Waals surface area contributed by atoms with E-state index < -0.39 is 12.1 Å². The van der Waals surface area contributed by atoms with Gasteiger partial charge in [-0.3, -0.25) is 0 Å². The maximum absolute atomic E-state index is 10.6. The lowest BCUT2D eigenvalue weighted by molar-refractivity contribution is 0.0581. The molecule has 0 amide bonds. The molecule has 5 heteroatoms. The fourth-order valence-electron chi connectivity index (χ4n) is 3.05. The van der Waals surface area contributed by atoms with Crippen molar-refractivity contribution in [3.8, 4) is 0 Å². The minimum absolute atomic E-state index is 0.188. The summed E-state index contributed by atoms with van der Waals surface area (Å²) >= 11 is 0. The Hall–Kier alpha value is -1.28. The number of aliphatic imine (C=N–C) groups is 2. The highest BCUT2D eigenvalue weighted by atomic mass is 16.3. The summed E-state index contributed by atoms with van der Waals surface area (Å²) in [5.41, 5.74) is 0. The van der Waals surface area contributed by atoms with Crippen LogP contribution in [-0.4, -0.2) is 35.5 Å². The third-order valence-corrected chi connectivity index (χ3v) is 4.12. The number of rotatable bonds is 8. The zero-order chi connectivity index (χ0) is 14.8. The molecule has 0 heterocycles. The second kappa shape index (κ2) is 9.60. The van der Waals surface area contributed by atoms with Crippen LogP contribution in [0.1, 0.15) is 58.3 Å². The molecular formula is C15H24N2O3. The summed E-state index contributed by atoms with van der Waals surface area (Å²) in [7, 11) is 0. The Kier molecular flexibility index (Phi) is 8.05. The van der Waals surface area contributed by atoms with Gasteiger partial charge >= 0.3 is 0 Å². The van der Waals surface area contributed by atoms with Crippen molar-refractivity contribution in [3.63, 3.8) is 0 Å². The van der Waals surface area contributed by atoms with Crippen LogP contribution in [0.3, 0.4) is 0 Å². The molecule has 3 atom stereocenters. The van der Waals surface area contributed by atoms with Crippen molar-refractivity contribution in [2.24, 2.45) is 15.9 Å². The monoisotopic (exact) mass is 280 g/mol. The third-order valence-electron chi connectivity index (χ3n) is 4.12. The minimum Gasteiger partial charge on any atom is -0.391 e. The standard InChI is InChI=1S/C15H24N2O3/c1-2-6-13(16-10-18)9-14(17-11-19)15(20)12-7-4-3-5-8-12/h12-15,20H,2-9H2,1H3. The maximum atomic E-state index is 10.6. The molecule has 0 aliphatic heterocycles. The van der Waals surface area contributed by atoms with E-state index in [0.717, 1.165) is 38.5 Å². The van der Waals surface area contributed by atoms with Crippen LogP contribution in [-0.2, 0) is 9.59 Å². The lowest BCUT2D eigenvalue weighted by atomic mass is 9.81. The molecule has 1 aliphatic rings. The second-order valence-electron chi connectivity index (χ2n) is 5.58. The summed E-state index contributed by atoms with van der Waals surface area (Å²) in [5, 5.41) is 10.4. The van der Waals surface area contributed by atoms with E-state index in [1.807, 2.05) is 6.92 Å². The molecule has 5 nitrogen and oxygen atoms in total. The molecule has 1 rings (SSSR count). The summed E-state index contributed by atoms with van der Waals surface area (Å²) in [4.78, 5) is 28.5. The van der Waals surface area contributed by atoms with Gasteiger partial charge in [0.05, 0.1) is 18.2 Å². The second-order valence-corrected chi connectivity index (χ2v) is 5.58. The highest BCUT2D eigenvalue weighted by Crippen LogP contribution is 2.30. The van der Waals surface area contributed by atoms with Gasteiger partial charge in [-0.05, 0) is 31.6 Å². The molecule has 1 saturated carbocycles. The highest BCUT2D eigenvalue weighted by Gasteiger charge is 2.30. The van der Waals surface area contributed by atoms with Crippen LogP contribution < -0.4 is 0 Å². The molecular weight excluding hydrogens is 256 g/mol. The Bertz CT molecular complexity index is 367. The number of aliphatic hydroxyl groups excluding tert-OH is 1. The van der Waals surface area contributed by atoms with E-state index in [2.05, 4.69) is 9.98 Å². The van der Waals surface area contributed by atoms with Crippen LogP contribution >= 0.6 is 0 Å². The Morgan fingerprint density at radius 2 is 1.80 bits per heavy atom. The summed E-state index contributed by atoms with van der Waals surface area (Å²) < 4.78 is 0. The van der Waals surface area contributed by atoms with Crippen molar-refractivity contribution >= 4 is 12.2 Å². The van der Waals surface area contributed by atoms with Crippen LogP contribution in [0.4, 0.5) is 0 Å². The predicted octanol–water partition coefficient (Wildman–Crippen LogP) is 2.53.